The number of hydrogen-bond acceptors (Lipinski definition) is 6. The molecule has 1 aliphatic heterocycles. The summed E-state index contributed by atoms with van der Waals surface area (Å²) in [6.45, 7) is 1.03. The van der Waals surface area contributed by atoms with E-state index in [9.17, 15) is 4.79 Å². The minimum Gasteiger partial charge on any atom is -0.486 e. The van der Waals surface area contributed by atoms with E-state index in [2.05, 4.69) is 21.1 Å². The van der Waals surface area contributed by atoms with E-state index in [0.717, 1.165) is 10.0 Å². The summed E-state index contributed by atoms with van der Waals surface area (Å²) in [5.41, 5.74) is 0.822. The van der Waals surface area contributed by atoms with Crippen molar-refractivity contribution in [2.24, 2.45) is 0 Å². The second kappa shape index (κ2) is 6.60. The number of benzene rings is 2. The van der Waals surface area contributed by atoms with Crippen molar-refractivity contribution in [1.82, 2.24) is 5.16 Å². The lowest BCUT2D eigenvalue weighted by Gasteiger charge is -2.18. The average molecular weight is 402 g/mol. The second-order valence-corrected chi connectivity index (χ2v) is 6.20. The van der Waals surface area contributed by atoms with E-state index < -0.39 is 5.97 Å². The molecule has 0 saturated heterocycles. The van der Waals surface area contributed by atoms with Crippen LogP contribution in [0.1, 0.15) is 10.5 Å². The molecule has 0 spiro atoms. The van der Waals surface area contributed by atoms with Crippen LogP contribution in [-0.2, 0) is 0 Å². The number of rotatable bonds is 3. The van der Waals surface area contributed by atoms with Crippen LogP contribution in [0.3, 0.4) is 0 Å². The Morgan fingerprint density at radius 1 is 1.04 bits per heavy atom. The highest BCUT2D eigenvalue weighted by molar-refractivity contribution is 9.10. The predicted octanol–water partition coefficient (Wildman–Crippen LogP) is 4.09. The molecule has 25 heavy (non-hydrogen) atoms. The summed E-state index contributed by atoms with van der Waals surface area (Å²) in [7, 11) is 0. The van der Waals surface area contributed by atoms with Crippen LogP contribution >= 0.6 is 15.9 Å². The lowest BCUT2D eigenvalue weighted by molar-refractivity contribution is 0.0724. The molecule has 0 fully saturated rings. The summed E-state index contributed by atoms with van der Waals surface area (Å²) < 4.78 is 22.4. The average Bonchev–Trinajstić information content (AvgIpc) is 3.12. The maximum Gasteiger partial charge on any atom is 0.365 e. The molecule has 0 unspecified atom stereocenters. The minimum absolute atomic E-state index is 0.0878. The smallest absolute Gasteiger partial charge is 0.365 e. The molecule has 0 radical (unpaired) electrons. The lowest BCUT2D eigenvalue weighted by Crippen LogP contribution is -2.15. The van der Waals surface area contributed by atoms with E-state index in [1.165, 1.54) is 6.07 Å². The first-order chi connectivity index (χ1) is 12.2. The van der Waals surface area contributed by atoms with Crippen molar-refractivity contribution < 1.29 is 23.5 Å². The molecule has 0 amide bonds. The zero-order chi connectivity index (χ0) is 17.2. The van der Waals surface area contributed by atoms with Crippen molar-refractivity contribution in [2.75, 3.05) is 13.2 Å². The van der Waals surface area contributed by atoms with Crippen LogP contribution in [0.15, 0.2) is 57.5 Å². The van der Waals surface area contributed by atoms with Gasteiger partial charge in [-0.15, -0.1) is 0 Å². The highest BCUT2D eigenvalue weighted by Gasteiger charge is 2.18. The van der Waals surface area contributed by atoms with E-state index in [4.69, 9.17) is 18.7 Å². The van der Waals surface area contributed by atoms with Crippen LogP contribution in [0.4, 0.5) is 0 Å². The molecule has 1 aromatic heterocycles. The standard InChI is InChI=1S/C18H12BrNO5/c19-12-2-1-3-13(9-12)24-18(21)14-10-16(25-20-14)11-4-5-15-17(8-11)23-7-6-22-15/h1-5,8-10H,6-7H2. The number of ether oxygens (including phenoxy) is 3. The number of halogens is 1. The molecule has 3 aromatic rings. The third-order valence-corrected chi connectivity index (χ3v) is 4.05. The van der Waals surface area contributed by atoms with Gasteiger partial charge in [0, 0.05) is 16.1 Å². The fraction of sp³-hybridized carbons (Fsp3) is 0.111. The van der Waals surface area contributed by atoms with Gasteiger partial charge in [0.1, 0.15) is 19.0 Å². The molecule has 2 aromatic carbocycles. The molecule has 6 nitrogen and oxygen atoms in total. The van der Waals surface area contributed by atoms with Crippen molar-refractivity contribution in [3.8, 4) is 28.6 Å². The maximum absolute atomic E-state index is 12.2. The summed E-state index contributed by atoms with van der Waals surface area (Å²) in [6, 6.07) is 13.9. The number of fused-ring (bicyclic) bond motifs is 1. The maximum atomic E-state index is 12.2. The van der Waals surface area contributed by atoms with Crippen LogP contribution in [0.2, 0.25) is 0 Å². The first kappa shape index (κ1) is 15.7. The number of carbonyl (C=O) groups excluding carboxylic acids is 1. The molecule has 1 aliphatic rings. The summed E-state index contributed by atoms with van der Waals surface area (Å²) >= 11 is 3.33. The normalized spacial score (nSPS) is 12.7. The zero-order valence-electron chi connectivity index (χ0n) is 12.9. The summed E-state index contributed by atoms with van der Waals surface area (Å²) in [5, 5.41) is 3.79. The third-order valence-electron chi connectivity index (χ3n) is 3.55. The molecule has 0 aliphatic carbocycles. The molecule has 0 N–H and O–H groups in total. The summed E-state index contributed by atoms with van der Waals surface area (Å²) in [4.78, 5) is 12.2. The lowest BCUT2D eigenvalue weighted by atomic mass is 10.1. The summed E-state index contributed by atoms with van der Waals surface area (Å²) in [6.07, 6.45) is 0. The largest absolute Gasteiger partial charge is 0.486 e. The van der Waals surface area contributed by atoms with Gasteiger partial charge >= 0.3 is 5.97 Å². The Morgan fingerprint density at radius 3 is 2.72 bits per heavy atom. The van der Waals surface area contributed by atoms with Gasteiger partial charge in [-0.05, 0) is 36.4 Å². The highest BCUT2D eigenvalue weighted by Crippen LogP contribution is 2.34. The fourth-order valence-corrected chi connectivity index (χ4v) is 2.77. The summed E-state index contributed by atoms with van der Waals surface area (Å²) in [5.74, 6) is 1.59. The van der Waals surface area contributed by atoms with E-state index in [0.29, 0.717) is 36.2 Å². The number of aromatic nitrogens is 1. The molecule has 126 valence electrons. The Bertz CT molecular complexity index is 937. The molecule has 2 heterocycles. The Hall–Kier alpha value is -2.80. The highest BCUT2D eigenvalue weighted by atomic mass is 79.9. The first-order valence-corrected chi connectivity index (χ1v) is 8.33. The van der Waals surface area contributed by atoms with Gasteiger partial charge in [0.2, 0.25) is 0 Å². The predicted molar refractivity (Wildman–Crippen MR) is 92.0 cm³/mol. The topological polar surface area (TPSA) is 70.8 Å². The zero-order valence-corrected chi connectivity index (χ0v) is 14.5. The van der Waals surface area contributed by atoms with E-state index in [1.54, 1.807) is 30.3 Å². The van der Waals surface area contributed by atoms with Crippen molar-refractivity contribution in [3.05, 3.63) is 58.7 Å². The van der Waals surface area contributed by atoms with Gasteiger partial charge < -0.3 is 18.7 Å². The van der Waals surface area contributed by atoms with Gasteiger partial charge in [-0.3, -0.25) is 0 Å². The van der Waals surface area contributed by atoms with Gasteiger partial charge in [-0.2, -0.15) is 0 Å². The van der Waals surface area contributed by atoms with Gasteiger partial charge in [0.25, 0.3) is 0 Å². The van der Waals surface area contributed by atoms with Gasteiger partial charge in [-0.1, -0.05) is 27.2 Å². The Balaban J connectivity index is 1.54. The number of nitrogens with zero attached hydrogens (tertiary/aromatic N) is 1. The molecule has 0 atom stereocenters. The Labute approximate surface area is 151 Å². The number of hydrogen-bond donors (Lipinski definition) is 0. The number of carbonyl (C=O) groups is 1. The Kier molecular flexibility index (Phi) is 4.15. The molecule has 0 saturated carbocycles. The monoisotopic (exact) mass is 401 g/mol. The van der Waals surface area contributed by atoms with Crippen LogP contribution in [-0.4, -0.2) is 24.3 Å². The van der Waals surface area contributed by atoms with Crippen molar-refractivity contribution in [1.29, 1.82) is 0 Å². The van der Waals surface area contributed by atoms with Crippen molar-refractivity contribution >= 4 is 21.9 Å². The fourth-order valence-electron chi connectivity index (χ4n) is 2.39. The van der Waals surface area contributed by atoms with Gasteiger partial charge in [0.05, 0.1) is 0 Å². The molecule has 4 rings (SSSR count). The van der Waals surface area contributed by atoms with Crippen LogP contribution in [0.25, 0.3) is 11.3 Å². The van der Waals surface area contributed by atoms with Gasteiger partial charge in [0.15, 0.2) is 23.0 Å². The minimum atomic E-state index is -0.592. The molecule has 7 heteroatoms. The van der Waals surface area contributed by atoms with Crippen molar-refractivity contribution in [3.63, 3.8) is 0 Å². The molecular weight excluding hydrogens is 390 g/mol. The Morgan fingerprint density at radius 2 is 1.88 bits per heavy atom. The van der Waals surface area contributed by atoms with Gasteiger partial charge in [-0.25, -0.2) is 4.79 Å². The molecular formula is C18H12BrNO5. The van der Waals surface area contributed by atoms with Crippen LogP contribution < -0.4 is 14.2 Å². The van der Waals surface area contributed by atoms with Crippen LogP contribution in [0.5, 0.6) is 17.2 Å². The number of esters is 1. The first-order valence-electron chi connectivity index (χ1n) is 7.53. The third kappa shape index (κ3) is 3.36. The van der Waals surface area contributed by atoms with Crippen LogP contribution in [0, 0.1) is 0 Å². The van der Waals surface area contributed by atoms with E-state index in [-0.39, 0.29) is 5.69 Å². The van der Waals surface area contributed by atoms with E-state index in [1.807, 2.05) is 12.1 Å². The second-order valence-electron chi connectivity index (χ2n) is 5.28. The quantitative estimate of drug-likeness (QED) is 0.486. The SMILES string of the molecule is O=C(Oc1cccc(Br)c1)c1cc(-c2ccc3c(c2)OCCO3)on1. The van der Waals surface area contributed by atoms with Crippen molar-refractivity contribution in [2.45, 2.75) is 0 Å². The molecule has 0 bridgehead atoms. The van der Waals surface area contributed by atoms with E-state index >= 15 is 0 Å².